The first-order valence-corrected chi connectivity index (χ1v) is 8.41. The summed E-state index contributed by atoms with van der Waals surface area (Å²) in [6.45, 7) is 2.69. The minimum absolute atomic E-state index is 0.0260. The maximum Gasteiger partial charge on any atom is 0.320 e. The van der Waals surface area contributed by atoms with Gasteiger partial charge in [-0.15, -0.1) is 0 Å². The molecule has 1 aromatic carbocycles. The predicted molar refractivity (Wildman–Crippen MR) is 95.9 cm³/mol. The number of aliphatic hydroxyl groups is 2. The number of benzene rings is 1. The van der Waals surface area contributed by atoms with Crippen molar-refractivity contribution in [2.45, 2.75) is 38.8 Å². The van der Waals surface area contributed by atoms with E-state index in [1.54, 1.807) is 26.0 Å². The van der Waals surface area contributed by atoms with E-state index in [0.29, 0.717) is 5.56 Å². The van der Waals surface area contributed by atoms with Crippen LogP contribution in [0.5, 0.6) is 5.75 Å². The van der Waals surface area contributed by atoms with Crippen LogP contribution in [0.4, 0.5) is 0 Å². The van der Waals surface area contributed by atoms with Crippen molar-refractivity contribution in [3.8, 4) is 5.75 Å². The van der Waals surface area contributed by atoms with E-state index in [2.05, 4.69) is 5.32 Å². The van der Waals surface area contributed by atoms with Gasteiger partial charge in [0.25, 0.3) is 0 Å². The van der Waals surface area contributed by atoms with Crippen molar-refractivity contribution in [2.75, 3.05) is 13.2 Å². The van der Waals surface area contributed by atoms with E-state index in [-0.39, 0.29) is 31.7 Å². The summed E-state index contributed by atoms with van der Waals surface area (Å²) in [7, 11) is 0. The molecule has 1 aromatic rings. The van der Waals surface area contributed by atoms with Crippen molar-refractivity contribution in [3.05, 3.63) is 29.8 Å². The summed E-state index contributed by atoms with van der Waals surface area (Å²) >= 11 is 0. The summed E-state index contributed by atoms with van der Waals surface area (Å²) in [6, 6.07) is 5.26. The average molecular weight is 382 g/mol. The van der Waals surface area contributed by atoms with E-state index in [0.717, 1.165) is 0 Å². The van der Waals surface area contributed by atoms with Gasteiger partial charge in [0.1, 0.15) is 17.9 Å². The zero-order chi connectivity index (χ0) is 20.6. The molecule has 1 rings (SSSR count). The van der Waals surface area contributed by atoms with Crippen molar-refractivity contribution >= 4 is 17.8 Å². The molecule has 0 aliphatic rings. The number of amides is 1. The lowest BCUT2D eigenvalue weighted by molar-refractivity contribution is -0.139. The molecule has 0 saturated heterocycles. The van der Waals surface area contributed by atoms with Crippen LogP contribution in [0.1, 0.15) is 25.8 Å². The van der Waals surface area contributed by atoms with Gasteiger partial charge in [-0.05, 0) is 24.1 Å². The van der Waals surface area contributed by atoms with Crippen LogP contribution in [0.15, 0.2) is 24.3 Å². The second-order valence-corrected chi connectivity index (χ2v) is 6.86. The lowest BCUT2D eigenvalue weighted by Gasteiger charge is -2.27. The predicted octanol–water partition coefficient (Wildman–Crippen LogP) is -0.568. The van der Waals surface area contributed by atoms with Gasteiger partial charge in [0, 0.05) is 12.0 Å². The Morgan fingerprint density at radius 2 is 1.81 bits per heavy atom. The van der Waals surface area contributed by atoms with E-state index >= 15 is 0 Å². The number of nitrogens with two attached hydrogens (primary N) is 1. The Hall–Kier alpha value is -2.49. The molecular weight excluding hydrogens is 356 g/mol. The summed E-state index contributed by atoms with van der Waals surface area (Å²) in [5, 5.41) is 30.2. The zero-order valence-electron chi connectivity index (χ0n) is 15.3. The number of ether oxygens (including phenoxy) is 1. The molecule has 0 fully saturated rings. The summed E-state index contributed by atoms with van der Waals surface area (Å²) < 4.78 is 5.11. The molecule has 0 aliphatic heterocycles. The molecule has 2 atom stereocenters. The SMILES string of the molecule is CC(C)(CO)[C@@H](O)C(=O)NCCC(=O)Oc1ccc(C[C@H](N)C(=O)O)cc1. The third-order valence-electron chi connectivity index (χ3n) is 3.95. The van der Waals surface area contributed by atoms with Gasteiger partial charge in [0.2, 0.25) is 5.91 Å². The quantitative estimate of drug-likeness (QED) is 0.266. The van der Waals surface area contributed by atoms with Crippen molar-refractivity contribution < 1.29 is 34.4 Å². The highest BCUT2D eigenvalue weighted by Gasteiger charge is 2.32. The molecule has 27 heavy (non-hydrogen) atoms. The Morgan fingerprint density at radius 1 is 1.22 bits per heavy atom. The Bertz CT molecular complexity index is 658. The molecule has 9 heteroatoms. The molecule has 0 heterocycles. The highest BCUT2D eigenvalue weighted by atomic mass is 16.5. The third-order valence-corrected chi connectivity index (χ3v) is 3.95. The summed E-state index contributed by atoms with van der Waals surface area (Å²) in [5.41, 5.74) is 5.15. The largest absolute Gasteiger partial charge is 0.480 e. The fourth-order valence-corrected chi connectivity index (χ4v) is 2.04. The standard InChI is InChI=1S/C18H26N2O7/c1-18(2,10-21)15(23)16(24)20-8-7-14(22)27-12-5-3-11(4-6-12)9-13(19)17(25)26/h3-6,13,15,21,23H,7-10,19H2,1-2H3,(H,20,24)(H,25,26)/t13-,15-/m0/s1. The number of aliphatic carboxylic acids is 1. The molecule has 0 saturated carbocycles. The second kappa shape index (κ2) is 10.0. The van der Waals surface area contributed by atoms with Gasteiger partial charge in [-0.25, -0.2) is 0 Å². The number of rotatable bonds is 10. The van der Waals surface area contributed by atoms with E-state index in [1.165, 1.54) is 12.1 Å². The number of nitrogens with one attached hydrogen (secondary N) is 1. The first kappa shape index (κ1) is 22.6. The molecule has 1 amide bonds. The molecule has 0 radical (unpaired) electrons. The smallest absolute Gasteiger partial charge is 0.320 e. The summed E-state index contributed by atoms with van der Waals surface area (Å²) in [5.74, 6) is -2.08. The number of carbonyl (C=O) groups excluding carboxylic acids is 2. The molecular formula is C18H26N2O7. The molecule has 0 aliphatic carbocycles. The van der Waals surface area contributed by atoms with Crippen molar-refractivity contribution in [1.29, 1.82) is 0 Å². The molecule has 150 valence electrons. The Kier molecular flexibility index (Phi) is 8.35. The van der Waals surface area contributed by atoms with Gasteiger partial charge in [0.15, 0.2) is 0 Å². The van der Waals surface area contributed by atoms with Gasteiger partial charge in [0.05, 0.1) is 13.0 Å². The molecule has 6 N–H and O–H groups in total. The maximum atomic E-state index is 11.8. The molecule has 9 nitrogen and oxygen atoms in total. The van der Waals surface area contributed by atoms with E-state index in [4.69, 9.17) is 20.7 Å². The first-order valence-electron chi connectivity index (χ1n) is 8.41. The van der Waals surface area contributed by atoms with Gasteiger partial charge in [-0.3, -0.25) is 14.4 Å². The van der Waals surface area contributed by atoms with Gasteiger partial charge in [-0.2, -0.15) is 0 Å². The van der Waals surface area contributed by atoms with Crippen LogP contribution < -0.4 is 15.8 Å². The Labute approximate surface area is 157 Å². The number of carboxylic acids is 1. The number of aliphatic hydroxyl groups excluding tert-OH is 2. The highest BCUT2D eigenvalue weighted by Crippen LogP contribution is 2.19. The molecule has 0 bridgehead atoms. The lowest BCUT2D eigenvalue weighted by Crippen LogP contribution is -2.46. The average Bonchev–Trinajstić information content (AvgIpc) is 2.62. The zero-order valence-corrected chi connectivity index (χ0v) is 15.3. The fourth-order valence-electron chi connectivity index (χ4n) is 2.04. The van der Waals surface area contributed by atoms with E-state index in [9.17, 15) is 19.5 Å². The number of hydrogen-bond acceptors (Lipinski definition) is 7. The molecule has 0 spiro atoms. The van der Waals surface area contributed by atoms with Crippen LogP contribution in [0.3, 0.4) is 0 Å². The second-order valence-electron chi connectivity index (χ2n) is 6.86. The van der Waals surface area contributed by atoms with Crippen molar-refractivity contribution in [1.82, 2.24) is 5.32 Å². The minimum Gasteiger partial charge on any atom is -0.480 e. The van der Waals surface area contributed by atoms with Crippen LogP contribution >= 0.6 is 0 Å². The third kappa shape index (κ3) is 7.33. The summed E-state index contributed by atoms with van der Waals surface area (Å²) in [4.78, 5) is 34.3. The van der Waals surface area contributed by atoms with Gasteiger partial charge in [-0.1, -0.05) is 26.0 Å². The molecule has 0 unspecified atom stereocenters. The monoisotopic (exact) mass is 382 g/mol. The molecule has 0 aromatic heterocycles. The topological polar surface area (TPSA) is 159 Å². The number of esters is 1. The lowest BCUT2D eigenvalue weighted by atomic mass is 9.87. The fraction of sp³-hybridized carbons (Fsp3) is 0.500. The van der Waals surface area contributed by atoms with Crippen LogP contribution in [0.2, 0.25) is 0 Å². The van der Waals surface area contributed by atoms with E-state index < -0.39 is 35.4 Å². The number of hydrogen-bond donors (Lipinski definition) is 5. The van der Waals surface area contributed by atoms with Gasteiger partial charge >= 0.3 is 11.9 Å². The normalized spacial score (nSPS) is 13.5. The van der Waals surface area contributed by atoms with Crippen molar-refractivity contribution in [3.63, 3.8) is 0 Å². The number of carboxylic acid groups (broad SMARTS) is 1. The van der Waals surface area contributed by atoms with Crippen LogP contribution in [0, 0.1) is 5.41 Å². The summed E-state index contributed by atoms with van der Waals surface area (Å²) in [6.07, 6.45) is -1.35. The van der Waals surface area contributed by atoms with Crippen molar-refractivity contribution in [2.24, 2.45) is 11.1 Å². The minimum atomic E-state index is -1.40. The highest BCUT2D eigenvalue weighted by molar-refractivity contribution is 5.82. The van der Waals surface area contributed by atoms with Crippen LogP contribution in [-0.4, -0.2) is 58.5 Å². The van der Waals surface area contributed by atoms with Crippen LogP contribution in [0.25, 0.3) is 0 Å². The Balaban J connectivity index is 2.42. The van der Waals surface area contributed by atoms with Gasteiger partial charge < -0.3 is 31.1 Å². The maximum absolute atomic E-state index is 11.8. The number of carbonyl (C=O) groups is 3. The first-order chi connectivity index (χ1) is 12.6. The van der Waals surface area contributed by atoms with Crippen LogP contribution in [-0.2, 0) is 20.8 Å². The van der Waals surface area contributed by atoms with E-state index in [1.807, 2.05) is 0 Å². The Morgan fingerprint density at radius 3 is 2.33 bits per heavy atom.